The molecular weight excluding hydrogens is 270 g/mol. The maximum Gasteiger partial charge on any atom is 0.372 e. The van der Waals surface area contributed by atoms with Crippen LogP contribution in [0.3, 0.4) is 0 Å². The number of rotatable bonds is 9. The Hall–Kier alpha value is -1.33. The van der Waals surface area contributed by atoms with Gasteiger partial charge in [-0.25, -0.2) is 0 Å². The van der Waals surface area contributed by atoms with Crippen LogP contribution < -0.4 is 5.19 Å². The average molecular weight is 293 g/mol. The lowest BCUT2D eigenvalue weighted by molar-refractivity contribution is 0.195. The van der Waals surface area contributed by atoms with E-state index in [4.69, 9.17) is 14.4 Å². The second-order valence-corrected chi connectivity index (χ2v) is 7.70. The Morgan fingerprint density at radius 1 is 1.15 bits per heavy atom. The van der Waals surface area contributed by atoms with Gasteiger partial charge in [0, 0.05) is 24.7 Å². The van der Waals surface area contributed by atoms with Crippen molar-refractivity contribution in [1.82, 2.24) is 0 Å². The third kappa shape index (κ3) is 4.65. The van der Waals surface area contributed by atoms with Gasteiger partial charge in [-0.2, -0.15) is 0 Å². The van der Waals surface area contributed by atoms with Crippen molar-refractivity contribution in [3.8, 4) is 0 Å². The van der Waals surface area contributed by atoms with Crippen LogP contribution in [0, 0.1) is 6.92 Å². The maximum atomic E-state index is 8.36. The third-order valence-electron chi connectivity index (χ3n) is 3.07. The van der Waals surface area contributed by atoms with E-state index in [-0.39, 0.29) is 0 Å². The quantitative estimate of drug-likeness (QED) is 0.230. The monoisotopic (exact) mass is 293 g/mol. The molecule has 1 rings (SSSR count). The fraction of sp³-hybridized carbons (Fsp3) is 0.571. The number of hydrogen-bond donors (Lipinski definition) is 0. The second kappa shape index (κ2) is 8.76. The van der Waals surface area contributed by atoms with E-state index in [1.807, 2.05) is 13.8 Å². The molecule has 20 heavy (non-hydrogen) atoms. The maximum absolute atomic E-state index is 8.36. The van der Waals surface area contributed by atoms with E-state index in [9.17, 15) is 0 Å². The minimum absolute atomic E-state index is 0.483. The molecule has 0 atom stereocenters. The first-order chi connectivity index (χ1) is 9.68. The minimum Gasteiger partial charge on any atom is -0.391 e. The molecule has 1 aromatic rings. The molecule has 0 aliphatic heterocycles. The first-order valence-corrected chi connectivity index (χ1v) is 9.06. The molecule has 0 saturated heterocycles. The first-order valence-electron chi connectivity index (χ1n) is 7.04. The zero-order valence-electron chi connectivity index (χ0n) is 12.5. The van der Waals surface area contributed by atoms with E-state index >= 15 is 0 Å². The van der Waals surface area contributed by atoms with E-state index in [1.165, 1.54) is 5.56 Å². The van der Waals surface area contributed by atoms with Crippen molar-refractivity contribution in [3.05, 3.63) is 40.3 Å². The lowest BCUT2D eigenvalue weighted by Gasteiger charge is -2.30. The van der Waals surface area contributed by atoms with Gasteiger partial charge in [0.1, 0.15) is 0 Å². The standard InChI is InChI=1S/C14H23N3O2Si/c1-4-18-20(19-5-2,12-6-11-16-17-15)14-9-7-13(3)8-10-14/h7-10H,4-6,11-12H2,1-3H3. The van der Waals surface area contributed by atoms with Crippen LogP contribution in [0.4, 0.5) is 0 Å². The molecule has 0 N–H and O–H groups in total. The molecule has 5 nitrogen and oxygen atoms in total. The number of nitrogens with zero attached hydrogens (tertiary/aromatic N) is 3. The van der Waals surface area contributed by atoms with Gasteiger partial charge in [-0.15, -0.1) is 0 Å². The Morgan fingerprint density at radius 3 is 2.25 bits per heavy atom. The number of aryl methyl sites for hydroxylation is 1. The second-order valence-electron chi connectivity index (χ2n) is 4.54. The molecule has 1 aromatic carbocycles. The van der Waals surface area contributed by atoms with Crippen molar-refractivity contribution < 1.29 is 8.85 Å². The summed E-state index contributed by atoms with van der Waals surface area (Å²) in [5.41, 5.74) is 9.58. The van der Waals surface area contributed by atoms with E-state index in [0.29, 0.717) is 19.8 Å². The molecule has 110 valence electrons. The topological polar surface area (TPSA) is 67.2 Å². The molecule has 0 unspecified atom stereocenters. The van der Waals surface area contributed by atoms with Gasteiger partial charge in [-0.05, 0) is 44.0 Å². The zero-order valence-corrected chi connectivity index (χ0v) is 13.5. The first kappa shape index (κ1) is 16.7. The van der Waals surface area contributed by atoms with Crippen LogP contribution in [-0.4, -0.2) is 28.3 Å². The highest BCUT2D eigenvalue weighted by molar-refractivity contribution is 6.81. The van der Waals surface area contributed by atoms with Crippen LogP contribution >= 0.6 is 0 Å². The van der Waals surface area contributed by atoms with E-state index in [2.05, 4.69) is 41.2 Å². The Labute approximate surface area is 121 Å². The highest BCUT2D eigenvalue weighted by atomic mass is 28.4. The Balaban J connectivity index is 2.95. The summed E-state index contributed by atoms with van der Waals surface area (Å²) in [6.45, 7) is 7.78. The van der Waals surface area contributed by atoms with Crippen molar-refractivity contribution >= 4 is 13.7 Å². The summed E-state index contributed by atoms with van der Waals surface area (Å²) in [4.78, 5) is 2.79. The number of azide groups is 1. The average Bonchev–Trinajstić information content (AvgIpc) is 2.45. The summed E-state index contributed by atoms with van der Waals surface area (Å²) in [6.07, 6.45) is 0.782. The third-order valence-corrected chi connectivity index (χ3v) is 6.81. The molecule has 0 heterocycles. The summed E-state index contributed by atoms with van der Waals surface area (Å²) < 4.78 is 12.1. The van der Waals surface area contributed by atoms with Crippen molar-refractivity contribution in [2.75, 3.05) is 19.8 Å². The fourth-order valence-corrected chi connectivity index (χ4v) is 5.42. The van der Waals surface area contributed by atoms with Crippen molar-refractivity contribution in [1.29, 1.82) is 0 Å². The SMILES string of the molecule is CCO[Si](CCCN=[N+]=[N-])(OCC)c1ccc(C)cc1. The van der Waals surface area contributed by atoms with Gasteiger partial charge in [0.2, 0.25) is 0 Å². The summed E-state index contributed by atoms with van der Waals surface area (Å²) in [5.74, 6) is 0. The lowest BCUT2D eigenvalue weighted by Crippen LogP contribution is -2.54. The summed E-state index contributed by atoms with van der Waals surface area (Å²) in [7, 11) is -2.43. The number of benzene rings is 1. The molecule has 0 bridgehead atoms. The highest BCUT2D eigenvalue weighted by Gasteiger charge is 2.38. The summed E-state index contributed by atoms with van der Waals surface area (Å²) >= 11 is 0. The predicted molar refractivity (Wildman–Crippen MR) is 83.3 cm³/mol. The molecule has 0 radical (unpaired) electrons. The van der Waals surface area contributed by atoms with Gasteiger partial charge < -0.3 is 8.85 Å². The largest absolute Gasteiger partial charge is 0.391 e. The summed E-state index contributed by atoms with van der Waals surface area (Å²) in [6, 6.07) is 9.17. The van der Waals surface area contributed by atoms with Crippen molar-refractivity contribution in [2.45, 2.75) is 33.2 Å². The molecule has 0 amide bonds. The van der Waals surface area contributed by atoms with Gasteiger partial charge in [-0.3, -0.25) is 0 Å². The molecule has 0 fully saturated rings. The summed E-state index contributed by atoms with van der Waals surface area (Å²) in [5, 5.41) is 4.74. The molecule has 0 aliphatic carbocycles. The smallest absolute Gasteiger partial charge is 0.372 e. The molecule has 0 aliphatic rings. The van der Waals surface area contributed by atoms with E-state index in [0.717, 1.165) is 17.7 Å². The van der Waals surface area contributed by atoms with Gasteiger partial charge in [0.25, 0.3) is 0 Å². The fourth-order valence-electron chi connectivity index (χ4n) is 2.20. The van der Waals surface area contributed by atoms with Crippen LogP contribution in [0.15, 0.2) is 29.4 Å². The molecular formula is C14H23N3O2Si. The molecule has 0 spiro atoms. The van der Waals surface area contributed by atoms with Crippen LogP contribution in [0.5, 0.6) is 0 Å². The van der Waals surface area contributed by atoms with Crippen LogP contribution in [-0.2, 0) is 8.85 Å². The van der Waals surface area contributed by atoms with E-state index < -0.39 is 8.56 Å². The Morgan fingerprint density at radius 2 is 1.75 bits per heavy atom. The molecule has 0 aromatic heterocycles. The highest BCUT2D eigenvalue weighted by Crippen LogP contribution is 2.17. The van der Waals surface area contributed by atoms with Gasteiger partial charge in [0.05, 0.1) is 0 Å². The van der Waals surface area contributed by atoms with Gasteiger partial charge in [-0.1, -0.05) is 34.9 Å². The minimum atomic E-state index is -2.43. The van der Waals surface area contributed by atoms with E-state index in [1.54, 1.807) is 0 Å². The van der Waals surface area contributed by atoms with Crippen molar-refractivity contribution in [3.63, 3.8) is 0 Å². The predicted octanol–water partition coefficient (Wildman–Crippen LogP) is 3.42. The lowest BCUT2D eigenvalue weighted by atomic mass is 10.2. The Bertz CT molecular complexity index is 438. The van der Waals surface area contributed by atoms with Crippen LogP contribution in [0.25, 0.3) is 10.4 Å². The van der Waals surface area contributed by atoms with Gasteiger partial charge in [0.15, 0.2) is 0 Å². The van der Waals surface area contributed by atoms with Gasteiger partial charge >= 0.3 is 8.56 Å². The Kier molecular flexibility index (Phi) is 7.32. The molecule has 0 saturated carbocycles. The van der Waals surface area contributed by atoms with Crippen LogP contribution in [0.1, 0.15) is 25.8 Å². The zero-order chi connectivity index (χ0) is 14.8. The normalized spacial score (nSPS) is 11.2. The number of hydrogen-bond acceptors (Lipinski definition) is 3. The molecule has 6 heteroatoms. The van der Waals surface area contributed by atoms with Crippen LogP contribution in [0.2, 0.25) is 6.04 Å². The van der Waals surface area contributed by atoms with Crippen molar-refractivity contribution in [2.24, 2.45) is 5.11 Å².